The smallest absolute Gasteiger partial charge is 0.295 e. The van der Waals surface area contributed by atoms with E-state index in [0.717, 1.165) is 46.9 Å². The Kier molecular flexibility index (Phi) is 19.1. The molecule has 4 aromatic carbocycles. The third kappa shape index (κ3) is 13.9. The Morgan fingerprint density at radius 1 is 0.690 bits per heavy atom. The molecule has 1 aliphatic carbocycles. The van der Waals surface area contributed by atoms with E-state index < -0.39 is 40.1 Å². The minimum atomic E-state index is -4.86. The molecular weight excluding hydrogens is 825 g/mol. The Balaban J connectivity index is 0.000000433. The second-order valence-electron chi connectivity index (χ2n) is 12.6. The van der Waals surface area contributed by atoms with Crippen LogP contribution in [-0.4, -0.2) is 131 Å². The Hall–Kier alpha value is -3.30. The maximum atomic E-state index is 12.4. The van der Waals surface area contributed by atoms with Gasteiger partial charge in [-0.25, -0.2) is 0 Å². The molecule has 0 fully saturated rings. The van der Waals surface area contributed by atoms with Crippen LogP contribution in [0.3, 0.4) is 0 Å². The SMILES string of the molecule is CCN=C1C=CC(=C(c2ccc(NCC)c(C)c2)c2ccc(S(=O)(=O)O)cc2S(=O)(=O)O)C=C1C.CN(C)c1ccc(N=Nc2ccc(S(=O)(=O)O)cc2)cc1.[Na].[Na]. The molecule has 4 N–H and O–H groups in total. The molecule has 5 rings (SSSR count). The largest absolute Gasteiger partial charge is 0.385 e. The molecule has 298 valence electrons. The minimum Gasteiger partial charge on any atom is -0.385 e. The Morgan fingerprint density at radius 3 is 1.71 bits per heavy atom. The maximum absolute atomic E-state index is 12.4. The Morgan fingerprint density at radius 2 is 1.24 bits per heavy atom. The van der Waals surface area contributed by atoms with Crippen LogP contribution in [0.1, 0.15) is 37.5 Å². The summed E-state index contributed by atoms with van der Waals surface area (Å²) < 4.78 is 98.2. The first-order valence-corrected chi connectivity index (χ1v) is 21.4. The predicted octanol–water partition coefficient (Wildman–Crippen LogP) is 7.35. The standard InChI is InChI=1S/C25H28N2O6S2.C14H15N3O3S.2Na/c1-5-26-22-11-7-18(13-16(22)3)25(19-8-12-23(27-6-2)17(4)14-19)21-10-9-20(34(28,29)30)15-24(21)35(31,32)33;1-17(2)13-7-3-11(4-8-13)15-16-12-5-9-14(10-6-12)21(18,19)20;;/h7-15,26H,5-6H2,1-4H3,(H,28,29,30)(H,31,32,33);3-10H,1-2H3,(H,18,19,20);;. The maximum Gasteiger partial charge on any atom is 0.295 e. The Labute approximate surface area is 384 Å². The van der Waals surface area contributed by atoms with Crippen LogP contribution in [0, 0.1) is 6.92 Å². The van der Waals surface area contributed by atoms with Gasteiger partial charge in [-0.2, -0.15) is 35.5 Å². The second-order valence-corrected chi connectivity index (χ2v) is 16.8. The molecule has 0 heterocycles. The number of nitrogens with one attached hydrogen (secondary N) is 1. The first kappa shape index (κ1) is 50.8. The van der Waals surface area contributed by atoms with Gasteiger partial charge in [0.05, 0.1) is 26.9 Å². The van der Waals surface area contributed by atoms with E-state index in [4.69, 9.17) is 4.55 Å². The van der Waals surface area contributed by atoms with Crippen molar-refractivity contribution in [2.45, 2.75) is 42.4 Å². The molecule has 0 aliphatic heterocycles. The zero-order valence-corrected chi connectivity index (χ0v) is 40.0. The van der Waals surface area contributed by atoms with Crippen LogP contribution in [0.25, 0.3) is 5.57 Å². The molecule has 0 amide bonds. The van der Waals surface area contributed by atoms with Gasteiger partial charge in [-0.3, -0.25) is 18.7 Å². The third-order valence-electron chi connectivity index (χ3n) is 8.28. The number of allylic oxidation sites excluding steroid dienone is 5. The van der Waals surface area contributed by atoms with Crippen molar-refractivity contribution in [3.63, 3.8) is 0 Å². The van der Waals surface area contributed by atoms with Gasteiger partial charge in [0.2, 0.25) is 0 Å². The van der Waals surface area contributed by atoms with Crippen LogP contribution < -0.4 is 10.2 Å². The van der Waals surface area contributed by atoms with Gasteiger partial charge in [0, 0.05) is 103 Å². The number of aryl methyl sites for hydroxylation is 1. The van der Waals surface area contributed by atoms with Crippen molar-refractivity contribution in [1.29, 1.82) is 0 Å². The van der Waals surface area contributed by atoms with E-state index in [2.05, 4.69) is 20.5 Å². The summed E-state index contributed by atoms with van der Waals surface area (Å²) in [6, 6.07) is 21.8. The molecule has 14 nitrogen and oxygen atoms in total. The van der Waals surface area contributed by atoms with Gasteiger partial charge in [0.15, 0.2) is 0 Å². The van der Waals surface area contributed by atoms with Crippen molar-refractivity contribution in [3.05, 3.63) is 131 Å². The molecule has 0 bridgehead atoms. The Bertz CT molecular complexity index is 2590. The van der Waals surface area contributed by atoms with Gasteiger partial charge in [-0.05, 0) is 140 Å². The number of azo groups is 1. The van der Waals surface area contributed by atoms with Gasteiger partial charge in [-0.15, -0.1) is 0 Å². The van der Waals surface area contributed by atoms with Crippen molar-refractivity contribution in [2.24, 2.45) is 15.2 Å². The monoisotopic (exact) mass is 867 g/mol. The minimum absolute atomic E-state index is 0. The topological polar surface area (TPSA) is 215 Å². The normalized spacial score (nSPS) is 14.4. The van der Waals surface area contributed by atoms with E-state index in [0.29, 0.717) is 34.6 Å². The second kappa shape index (κ2) is 21.8. The number of rotatable bonds is 11. The van der Waals surface area contributed by atoms with Gasteiger partial charge < -0.3 is 10.2 Å². The van der Waals surface area contributed by atoms with Gasteiger partial charge >= 0.3 is 0 Å². The zero-order chi connectivity index (χ0) is 41.4. The first-order chi connectivity index (χ1) is 26.2. The molecule has 1 aliphatic rings. The fourth-order valence-corrected chi connectivity index (χ4v) is 7.33. The predicted molar refractivity (Wildman–Crippen MR) is 231 cm³/mol. The average molecular weight is 868 g/mol. The van der Waals surface area contributed by atoms with E-state index in [1.807, 2.05) is 101 Å². The number of aliphatic imine (C=N–C) groups is 1. The van der Waals surface area contributed by atoms with Crippen molar-refractivity contribution in [1.82, 2.24) is 0 Å². The average Bonchev–Trinajstić information content (AvgIpc) is 3.12. The molecule has 0 saturated carbocycles. The van der Waals surface area contributed by atoms with Crippen molar-refractivity contribution < 1.29 is 38.9 Å². The van der Waals surface area contributed by atoms with Crippen LogP contribution in [-0.2, 0) is 30.4 Å². The zero-order valence-electron chi connectivity index (χ0n) is 33.5. The van der Waals surface area contributed by atoms with Crippen LogP contribution in [0.5, 0.6) is 0 Å². The summed E-state index contributed by atoms with van der Waals surface area (Å²) in [6.45, 7) is 9.04. The van der Waals surface area contributed by atoms with Gasteiger partial charge in [0.25, 0.3) is 30.4 Å². The molecule has 0 unspecified atom stereocenters. The van der Waals surface area contributed by atoms with Gasteiger partial charge in [-0.1, -0.05) is 18.2 Å². The van der Waals surface area contributed by atoms with E-state index in [1.54, 1.807) is 6.08 Å². The molecule has 19 heteroatoms. The van der Waals surface area contributed by atoms with Crippen molar-refractivity contribution >= 4 is 124 Å². The summed E-state index contributed by atoms with van der Waals surface area (Å²) >= 11 is 0. The fourth-order valence-electron chi connectivity index (χ4n) is 5.55. The van der Waals surface area contributed by atoms with Crippen molar-refractivity contribution in [3.8, 4) is 0 Å². The van der Waals surface area contributed by atoms with Crippen LogP contribution in [0.4, 0.5) is 22.7 Å². The molecular formula is C39H43N5Na2O9S3. The molecule has 4 aromatic rings. The van der Waals surface area contributed by atoms with Crippen LogP contribution in [0.2, 0.25) is 0 Å². The molecule has 0 aromatic heterocycles. The molecule has 58 heavy (non-hydrogen) atoms. The quantitative estimate of drug-likeness (QED) is 0.0664. The number of hydrogen-bond donors (Lipinski definition) is 4. The number of hydrogen-bond acceptors (Lipinski definition) is 11. The van der Waals surface area contributed by atoms with Gasteiger partial charge in [0.1, 0.15) is 4.90 Å². The summed E-state index contributed by atoms with van der Waals surface area (Å²) in [6.07, 6.45) is 5.49. The van der Waals surface area contributed by atoms with E-state index in [-0.39, 0.29) is 69.6 Å². The fraction of sp³-hybridized carbons (Fsp3) is 0.205. The summed E-state index contributed by atoms with van der Waals surface area (Å²) in [5, 5.41) is 11.3. The van der Waals surface area contributed by atoms with Crippen LogP contribution >= 0.6 is 0 Å². The van der Waals surface area contributed by atoms with E-state index >= 15 is 0 Å². The third-order valence-corrected chi connectivity index (χ3v) is 10.9. The summed E-state index contributed by atoms with van der Waals surface area (Å²) in [4.78, 5) is 4.99. The molecule has 0 saturated heterocycles. The van der Waals surface area contributed by atoms with Crippen LogP contribution in [0.15, 0.2) is 144 Å². The number of nitrogens with zero attached hydrogens (tertiary/aromatic N) is 4. The number of anilines is 2. The molecule has 2 radical (unpaired) electrons. The summed E-state index contributed by atoms with van der Waals surface area (Å²) in [7, 11) is -9.83. The molecule has 0 spiro atoms. The summed E-state index contributed by atoms with van der Waals surface area (Å²) in [5.41, 5.74) is 7.62. The van der Waals surface area contributed by atoms with E-state index in [1.165, 1.54) is 30.3 Å². The van der Waals surface area contributed by atoms with E-state index in [9.17, 15) is 34.4 Å². The van der Waals surface area contributed by atoms with Crippen molar-refractivity contribution in [2.75, 3.05) is 37.4 Å². The molecule has 0 atom stereocenters. The summed E-state index contributed by atoms with van der Waals surface area (Å²) in [5.74, 6) is 0. The first-order valence-electron chi connectivity index (χ1n) is 17.1. The number of benzene rings is 4.